The summed E-state index contributed by atoms with van der Waals surface area (Å²) < 4.78 is 50.0. The summed E-state index contributed by atoms with van der Waals surface area (Å²) in [5, 5.41) is 0.134. The Hall–Kier alpha value is -0.330. The van der Waals surface area contributed by atoms with Gasteiger partial charge >= 0.3 is 6.18 Å². The fourth-order valence-corrected chi connectivity index (χ4v) is 1.65. The molecule has 1 heterocycles. The van der Waals surface area contributed by atoms with Gasteiger partial charge in [0.15, 0.2) is 10.9 Å². The Kier molecular flexibility index (Phi) is 2.58. The highest BCUT2D eigenvalue weighted by molar-refractivity contribution is 6.23. The summed E-state index contributed by atoms with van der Waals surface area (Å²) in [6.45, 7) is 0.919. The first-order valence-electron chi connectivity index (χ1n) is 3.77. The van der Waals surface area contributed by atoms with E-state index in [9.17, 15) is 17.6 Å². The molecule has 2 atom stereocenters. The van der Waals surface area contributed by atoms with Gasteiger partial charge in [-0.1, -0.05) is 11.6 Å². The predicted octanol–water partition coefficient (Wildman–Crippen LogP) is 2.01. The molecule has 0 radical (unpaired) electrons. The number of nitrogens with one attached hydrogen (secondary N) is 1. The van der Waals surface area contributed by atoms with Gasteiger partial charge in [-0.15, -0.1) is 0 Å². The molecule has 0 fully saturated rings. The smallest absolute Gasteiger partial charge is 0.300 e. The molecule has 82 valence electrons. The quantitative estimate of drug-likeness (QED) is 0.290. The number of alkyl halides is 5. The highest BCUT2D eigenvalue weighted by atomic mass is 35.5. The van der Waals surface area contributed by atoms with Crippen LogP contribution in [0.2, 0.25) is 0 Å². The topological polar surface area (TPSA) is 38.0 Å². The van der Waals surface area contributed by atoms with E-state index >= 15 is 0 Å². The fourth-order valence-electron chi connectivity index (χ4n) is 1.32. The van der Waals surface area contributed by atoms with Gasteiger partial charge in [0.05, 0.1) is 0 Å². The molecule has 1 rings (SSSR count). The van der Waals surface area contributed by atoms with Crippen LogP contribution in [0.25, 0.3) is 0 Å². The third kappa shape index (κ3) is 2.83. The summed E-state index contributed by atoms with van der Waals surface area (Å²) in [6.07, 6.45) is -4.83. The highest BCUT2D eigenvalue weighted by Crippen LogP contribution is 2.37. The van der Waals surface area contributed by atoms with Gasteiger partial charge in [0, 0.05) is 12.0 Å². The lowest BCUT2D eigenvalue weighted by atomic mass is 10.0. The molecule has 0 amide bonds. The van der Waals surface area contributed by atoms with Gasteiger partial charge in [0.1, 0.15) is 0 Å². The van der Waals surface area contributed by atoms with Crippen molar-refractivity contribution in [3.63, 3.8) is 0 Å². The van der Waals surface area contributed by atoms with Crippen molar-refractivity contribution < 1.29 is 17.6 Å². The Morgan fingerprint density at radius 2 is 2.07 bits per heavy atom. The molecule has 0 saturated heterocycles. The molecule has 0 aromatic heterocycles. The van der Waals surface area contributed by atoms with E-state index in [4.69, 9.17) is 17.3 Å². The minimum Gasteiger partial charge on any atom is -0.300 e. The molecule has 2 unspecified atom stereocenters. The SMILES string of the molecule is CC1(F)C=C(C(F)(F)F)CC(N)(Cl)N1. The second-order valence-corrected chi connectivity index (χ2v) is 4.08. The van der Waals surface area contributed by atoms with Crippen molar-refractivity contribution in [2.24, 2.45) is 5.73 Å². The summed E-state index contributed by atoms with van der Waals surface area (Å²) in [7, 11) is 0. The minimum absolute atomic E-state index is 0.445. The molecule has 1 aliphatic rings. The Labute approximate surface area is 83.1 Å². The van der Waals surface area contributed by atoms with Crippen molar-refractivity contribution in [1.82, 2.24) is 5.32 Å². The van der Waals surface area contributed by atoms with E-state index in [1.807, 2.05) is 5.32 Å². The maximum absolute atomic E-state index is 13.3. The van der Waals surface area contributed by atoms with Gasteiger partial charge < -0.3 is 5.73 Å². The number of hydrogen-bond donors (Lipinski definition) is 2. The molecular weight excluding hydrogens is 224 g/mol. The zero-order chi connectivity index (χ0) is 11.2. The lowest BCUT2D eigenvalue weighted by Crippen LogP contribution is -2.59. The number of rotatable bonds is 0. The van der Waals surface area contributed by atoms with Crippen LogP contribution in [0.1, 0.15) is 13.3 Å². The second-order valence-electron chi connectivity index (χ2n) is 3.41. The molecule has 0 aromatic rings. The molecule has 3 N–H and O–H groups in total. The standard InChI is InChI=1S/C7H9ClF4N2/c1-5(9)2-4(7(10,11)12)3-6(8,13)14-5/h2,14H,3,13H2,1H3. The van der Waals surface area contributed by atoms with Crippen LogP contribution in [-0.2, 0) is 0 Å². The Bertz CT molecular complexity index is 269. The number of hydrogen-bond acceptors (Lipinski definition) is 2. The maximum atomic E-state index is 13.3. The van der Waals surface area contributed by atoms with E-state index < -0.39 is 29.1 Å². The van der Waals surface area contributed by atoms with Gasteiger partial charge in [-0.25, -0.2) is 4.39 Å². The van der Waals surface area contributed by atoms with E-state index in [2.05, 4.69) is 0 Å². The lowest BCUT2D eigenvalue weighted by Gasteiger charge is -2.36. The van der Waals surface area contributed by atoms with Crippen molar-refractivity contribution in [3.8, 4) is 0 Å². The van der Waals surface area contributed by atoms with Gasteiger partial charge in [-0.3, -0.25) is 5.32 Å². The minimum atomic E-state index is -4.60. The van der Waals surface area contributed by atoms with Crippen molar-refractivity contribution in [3.05, 3.63) is 11.6 Å². The molecule has 2 nitrogen and oxygen atoms in total. The van der Waals surface area contributed by atoms with Crippen LogP contribution in [0.4, 0.5) is 17.6 Å². The Morgan fingerprint density at radius 1 is 1.57 bits per heavy atom. The fraction of sp³-hybridized carbons (Fsp3) is 0.714. The van der Waals surface area contributed by atoms with Crippen molar-refractivity contribution in [2.75, 3.05) is 0 Å². The van der Waals surface area contributed by atoms with Gasteiger partial charge in [0.2, 0.25) is 0 Å². The first-order chi connectivity index (χ1) is 6.02. The first-order valence-corrected chi connectivity index (χ1v) is 4.15. The molecule has 0 bridgehead atoms. The lowest BCUT2D eigenvalue weighted by molar-refractivity contribution is -0.0993. The summed E-state index contributed by atoms with van der Waals surface area (Å²) in [6, 6.07) is 0. The van der Waals surface area contributed by atoms with E-state index in [0.29, 0.717) is 6.08 Å². The van der Waals surface area contributed by atoms with Crippen LogP contribution >= 0.6 is 11.6 Å². The second kappa shape index (κ2) is 3.08. The van der Waals surface area contributed by atoms with Gasteiger partial charge in [0.25, 0.3) is 0 Å². The average Bonchev–Trinajstić information content (AvgIpc) is 1.76. The molecule has 0 spiro atoms. The van der Waals surface area contributed by atoms with Crippen LogP contribution in [0.15, 0.2) is 11.6 Å². The Balaban J connectivity index is 3.03. The molecule has 0 saturated carbocycles. The molecule has 14 heavy (non-hydrogen) atoms. The van der Waals surface area contributed by atoms with Crippen molar-refractivity contribution >= 4 is 11.6 Å². The third-order valence-electron chi connectivity index (χ3n) is 1.71. The van der Waals surface area contributed by atoms with Crippen LogP contribution in [-0.4, -0.2) is 17.1 Å². The van der Waals surface area contributed by atoms with Crippen molar-refractivity contribution in [1.29, 1.82) is 0 Å². The number of halogens is 5. The predicted molar refractivity (Wildman–Crippen MR) is 44.2 cm³/mol. The largest absolute Gasteiger partial charge is 0.412 e. The summed E-state index contributed by atoms with van der Waals surface area (Å²) >= 11 is 5.44. The molecule has 0 aromatic carbocycles. The highest BCUT2D eigenvalue weighted by Gasteiger charge is 2.46. The summed E-state index contributed by atoms with van der Waals surface area (Å²) in [5.41, 5.74) is 4.16. The van der Waals surface area contributed by atoms with Crippen molar-refractivity contribution in [2.45, 2.75) is 30.4 Å². The number of nitrogens with two attached hydrogens (primary N) is 1. The first kappa shape index (κ1) is 11.7. The molecular formula is C7H9ClF4N2. The summed E-state index contributed by atoms with van der Waals surface area (Å²) in [4.78, 5) is 0. The van der Waals surface area contributed by atoms with Gasteiger partial charge in [-0.05, 0) is 13.0 Å². The molecule has 0 aliphatic carbocycles. The van der Waals surface area contributed by atoms with Crippen LogP contribution in [0, 0.1) is 0 Å². The normalized spacial score (nSPS) is 39.5. The van der Waals surface area contributed by atoms with E-state index in [-0.39, 0.29) is 0 Å². The van der Waals surface area contributed by atoms with Gasteiger partial charge in [-0.2, -0.15) is 13.2 Å². The van der Waals surface area contributed by atoms with E-state index in [1.165, 1.54) is 0 Å². The average molecular weight is 233 g/mol. The van der Waals surface area contributed by atoms with Crippen LogP contribution < -0.4 is 11.1 Å². The third-order valence-corrected chi connectivity index (χ3v) is 1.94. The van der Waals surface area contributed by atoms with Crippen LogP contribution in [0.3, 0.4) is 0 Å². The zero-order valence-electron chi connectivity index (χ0n) is 7.25. The monoisotopic (exact) mass is 232 g/mol. The molecule has 7 heteroatoms. The van der Waals surface area contributed by atoms with Crippen LogP contribution in [0.5, 0.6) is 0 Å². The Morgan fingerprint density at radius 3 is 2.43 bits per heavy atom. The zero-order valence-corrected chi connectivity index (χ0v) is 8.01. The van der Waals surface area contributed by atoms with E-state index in [0.717, 1.165) is 6.92 Å². The van der Waals surface area contributed by atoms with E-state index in [1.54, 1.807) is 0 Å². The maximum Gasteiger partial charge on any atom is 0.412 e. The molecule has 1 aliphatic heterocycles. The summed E-state index contributed by atoms with van der Waals surface area (Å²) in [5.74, 6) is -2.35.